The maximum Gasteiger partial charge on any atom is 0.284 e. The summed E-state index contributed by atoms with van der Waals surface area (Å²) < 4.78 is 5.71. The van der Waals surface area contributed by atoms with Gasteiger partial charge in [0.25, 0.3) is 4.84 Å². The predicted molar refractivity (Wildman–Crippen MR) is 151 cm³/mol. The lowest BCUT2D eigenvalue weighted by Crippen LogP contribution is -2.48. The lowest BCUT2D eigenvalue weighted by atomic mass is 9.97. The van der Waals surface area contributed by atoms with Gasteiger partial charge in [-0.3, -0.25) is 9.78 Å². The van der Waals surface area contributed by atoms with Crippen molar-refractivity contribution in [3.8, 4) is 22.6 Å². The molecule has 0 radical (unpaired) electrons. The number of anilines is 2. The molecule has 1 amide bonds. The summed E-state index contributed by atoms with van der Waals surface area (Å²) in [5.41, 5.74) is 7.49. The van der Waals surface area contributed by atoms with Gasteiger partial charge in [0.1, 0.15) is 11.9 Å². The molecule has 0 spiro atoms. The highest BCUT2D eigenvalue weighted by Gasteiger charge is 2.35. The molecule has 0 unspecified atom stereocenters. The first-order valence-corrected chi connectivity index (χ1v) is 13.5. The molecule has 3 aromatic heterocycles. The van der Waals surface area contributed by atoms with Crippen molar-refractivity contribution in [1.82, 2.24) is 20.2 Å². The van der Waals surface area contributed by atoms with Gasteiger partial charge in [0.15, 0.2) is 0 Å². The number of pyridine rings is 1. The summed E-state index contributed by atoms with van der Waals surface area (Å²) >= 11 is 6.66. The number of nitrogens with one attached hydrogen (secondary N) is 1. The van der Waals surface area contributed by atoms with Gasteiger partial charge in [-0.2, -0.15) is 0 Å². The second kappa shape index (κ2) is 10.3. The first-order valence-electron chi connectivity index (χ1n) is 12.2. The van der Waals surface area contributed by atoms with Crippen molar-refractivity contribution in [2.75, 3.05) is 23.4 Å². The highest BCUT2D eigenvalue weighted by atomic mass is 32.1. The van der Waals surface area contributed by atoms with Crippen molar-refractivity contribution in [2.24, 2.45) is 0 Å². The zero-order chi connectivity index (χ0) is 26.1. The molecule has 0 aliphatic carbocycles. The maximum absolute atomic E-state index is 14.3. The number of fused-ring (bicyclic) bond motifs is 1. The van der Waals surface area contributed by atoms with Crippen LogP contribution in [-0.4, -0.2) is 45.7 Å². The fraction of sp³-hybridized carbons (Fsp3) is 0.179. The van der Waals surface area contributed by atoms with Crippen LogP contribution in [0.1, 0.15) is 11.1 Å². The van der Waals surface area contributed by atoms with E-state index >= 15 is 0 Å². The minimum Gasteiger partial charge on any atom is -0.409 e. The van der Waals surface area contributed by atoms with Crippen LogP contribution >= 0.6 is 23.6 Å². The minimum atomic E-state index is -0.437. The maximum atomic E-state index is 14.3. The van der Waals surface area contributed by atoms with Crippen molar-refractivity contribution in [1.29, 1.82) is 0 Å². The summed E-state index contributed by atoms with van der Waals surface area (Å²) in [4.78, 5) is 27.0. The van der Waals surface area contributed by atoms with Crippen LogP contribution in [0.25, 0.3) is 22.6 Å². The zero-order valence-electron chi connectivity index (χ0n) is 20.6. The molecule has 5 aromatic rings. The summed E-state index contributed by atoms with van der Waals surface area (Å²) in [6.07, 6.45) is 4.75. The Hall–Kier alpha value is -4.15. The summed E-state index contributed by atoms with van der Waals surface area (Å²) in [5.74, 6) is 1.21. The Morgan fingerprint density at radius 2 is 2.00 bits per heavy atom. The molecular weight excluding hydrogens is 516 g/mol. The number of carbonyl (C=O) groups is 1. The van der Waals surface area contributed by atoms with Gasteiger partial charge in [-0.25, -0.2) is 10.1 Å². The second-order valence-corrected chi connectivity index (χ2v) is 10.2. The van der Waals surface area contributed by atoms with Gasteiger partial charge >= 0.3 is 0 Å². The van der Waals surface area contributed by atoms with Crippen LogP contribution < -0.4 is 9.80 Å². The van der Waals surface area contributed by atoms with Crippen LogP contribution in [0.2, 0.25) is 0 Å². The number of aromatic amines is 1. The molecule has 0 saturated heterocycles. The van der Waals surface area contributed by atoms with Gasteiger partial charge in [0.05, 0.1) is 5.51 Å². The van der Waals surface area contributed by atoms with E-state index in [9.17, 15) is 4.79 Å². The smallest absolute Gasteiger partial charge is 0.284 e. The standard InChI is InChI=1S/C28H24N6O2S2/c1-33(25-16-38-17-30-25)24(13-18-5-3-2-4-6-18)27(35)34-12-9-21-22(26-31-32-28(37)36-26)14-20(15-23(21)34)19-7-10-29-11-8-19/h2-8,10-11,14-17,24H,9,12-13H2,1H3,(H,32,37)/t24-/m0/s1. The normalized spacial score (nSPS) is 13.3. The van der Waals surface area contributed by atoms with Crippen molar-refractivity contribution < 1.29 is 9.21 Å². The molecule has 0 fully saturated rings. The number of nitrogens with zero attached hydrogens (tertiary/aromatic N) is 5. The molecule has 1 atom stereocenters. The topological polar surface area (TPSA) is 91.2 Å². The lowest BCUT2D eigenvalue weighted by Gasteiger charge is -2.31. The number of hydrogen-bond acceptors (Lipinski definition) is 8. The van der Waals surface area contributed by atoms with E-state index in [-0.39, 0.29) is 10.7 Å². The van der Waals surface area contributed by atoms with E-state index in [1.54, 1.807) is 17.9 Å². The predicted octanol–water partition coefficient (Wildman–Crippen LogP) is 5.55. The number of thiazole rings is 1. The number of carbonyl (C=O) groups excluding carboxylic acids is 1. The fourth-order valence-corrected chi connectivity index (χ4v) is 5.63. The molecule has 6 rings (SSSR count). The Morgan fingerprint density at radius 1 is 1.18 bits per heavy atom. The number of aromatic nitrogens is 4. The molecule has 1 N–H and O–H groups in total. The number of benzene rings is 2. The third-order valence-corrected chi connectivity index (χ3v) is 7.60. The Bertz CT molecular complexity index is 1620. The Morgan fingerprint density at radius 3 is 2.71 bits per heavy atom. The quantitative estimate of drug-likeness (QED) is 0.271. The third kappa shape index (κ3) is 4.64. The van der Waals surface area contributed by atoms with E-state index in [1.165, 1.54) is 11.3 Å². The second-order valence-electron chi connectivity index (χ2n) is 9.08. The van der Waals surface area contributed by atoms with Crippen LogP contribution in [0.4, 0.5) is 11.5 Å². The van der Waals surface area contributed by atoms with Crippen LogP contribution in [0.5, 0.6) is 0 Å². The van der Waals surface area contributed by atoms with E-state index in [4.69, 9.17) is 16.6 Å². The lowest BCUT2D eigenvalue weighted by molar-refractivity contribution is -0.119. The van der Waals surface area contributed by atoms with Gasteiger partial charge in [0.2, 0.25) is 11.8 Å². The Balaban J connectivity index is 1.44. The van der Waals surface area contributed by atoms with Gasteiger partial charge in [0, 0.05) is 49.0 Å². The van der Waals surface area contributed by atoms with Gasteiger partial charge in [-0.15, -0.1) is 16.4 Å². The monoisotopic (exact) mass is 540 g/mol. The minimum absolute atomic E-state index is 0.0175. The van der Waals surface area contributed by atoms with Crippen LogP contribution in [-0.2, 0) is 17.6 Å². The molecule has 190 valence electrons. The van der Waals surface area contributed by atoms with Gasteiger partial charge < -0.3 is 14.2 Å². The van der Waals surface area contributed by atoms with Crippen molar-refractivity contribution in [3.63, 3.8) is 0 Å². The van der Waals surface area contributed by atoms with E-state index < -0.39 is 6.04 Å². The SMILES string of the molecule is CN(c1cscn1)[C@@H](Cc1ccccc1)C(=O)N1CCc2c(-c3n[nH]c(=S)o3)cc(-c3ccncc3)cc21. The van der Waals surface area contributed by atoms with E-state index in [1.807, 2.05) is 58.6 Å². The van der Waals surface area contributed by atoms with Gasteiger partial charge in [-0.1, -0.05) is 30.3 Å². The number of amides is 1. The van der Waals surface area contributed by atoms with Gasteiger partial charge in [-0.05, 0) is 65.2 Å². The average Bonchev–Trinajstić information content (AvgIpc) is 3.73. The molecule has 2 aromatic carbocycles. The number of H-pyrrole nitrogens is 1. The molecular formula is C28H24N6O2S2. The number of hydrogen-bond donors (Lipinski definition) is 1. The molecule has 4 heterocycles. The summed E-state index contributed by atoms with van der Waals surface area (Å²) in [7, 11) is 1.93. The molecule has 38 heavy (non-hydrogen) atoms. The highest BCUT2D eigenvalue weighted by Crippen LogP contribution is 2.40. The summed E-state index contributed by atoms with van der Waals surface area (Å²) in [5, 5.41) is 8.98. The number of likely N-dealkylation sites (N-methyl/N-ethyl adjacent to an activating group) is 1. The molecule has 0 saturated carbocycles. The fourth-order valence-electron chi connectivity index (χ4n) is 4.93. The van der Waals surface area contributed by atoms with E-state index in [2.05, 4.69) is 38.4 Å². The van der Waals surface area contributed by atoms with Crippen LogP contribution in [0, 0.1) is 4.84 Å². The average molecular weight is 541 g/mol. The van der Waals surface area contributed by atoms with Crippen LogP contribution in [0.3, 0.4) is 0 Å². The first-order chi connectivity index (χ1) is 18.6. The highest BCUT2D eigenvalue weighted by molar-refractivity contribution is 7.71. The van der Waals surface area contributed by atoms with Crippen molar-refractivity contribution in [3.05, 3.63) is 93.8 Å². The molecule has 1 aliphatic rings. The van der Waals surface area contributed by atoms with Crippen molar-refractivity contribution >= 4 is 41.0 Å². The largest absolute Gasteiger partial charge is 0.409 e. The third-order valence-electron chi connectivity index (χ3n) is 6.86. The van der Waals surface area contributed by atoms with E-state index in [0.29, 0.717) is 25.3 Å². The number of rotatable bonds is 7. The summed E-state index contributed by atoms with van der Waals surface area (Å²) in [6.45, 7) is 0.558. The van der Waals surface area contributed by atoms with Crippen LogP contribution in [0.15, 0.2) is 82.3 Å². The summed E-state index contributed by atoms with van der Waals surface area (Å²) in [6, 6.07) is 17.7. The molecule has 10 heteroatoms. The van der Waals surface area contributed by atoms with E-state index in [0.717, 1.165) is 39.3 Å². The Kier molecular flexibility index (Phi) is 6.57. The zero-order valence-corrected chi connectivity index (χ0v) is 22.2. The molecule has 0 bridgehead atoms. The van der Waals surface area contributed by atoms with Crippen molar-refractivity contribution in [2.45, 2.75) is 18.9 Å². The Labute approximate surface area is 228 Å². The first kappa shape index (κ1) is 24.2. The molecule has 1 aliphatic heterocycles. The molecule has 8 nitrogen and oxygen atoms in total.